The van der Waals surface area contributed by atoms with E-state index in [0.29, 0.717) is 10.8 Å². The third kappa shape index (κ3) is 4.66. The molecule has 0 fully saturated rings. The highest BCUT2D eigenvalue weighted by molar-refractivity contribution is 6.30. The van der Waals surface area contributed by atoms with Crippen molar-refractivity contribution in [3.05, 3.63) is 81.1 Å². The molecule has 1 aromatic heterocycles. The molecule has 0 aliphatic carbocycles. The molecule has 0 saturated heterocycles. The first-order chi connectivity index (χ1) is 14.4. The van der Waals surface area contributed by atoms with E-state index in [-0.39, 0.29) is 28.5 Å². The number of methoxy groups -OCH3 is 1. The Balaban J connectivity index is 1.84. The van der Waals surface area contributed by atoms with Crippen LogP contribution in [-0.2, 0) is 4.79 Å². The standard InChI is InChI=1S/C21H14ClN3O5/c1-29-20-8-6-16(25(27)28)11-18(20)24-21(26)14(12-23)10-17-7-9-19(30-17)13-2-4-15(22)5-3-13/h2-11H,1H3,(H,24,26)/b14-10+. The van der Waals surface area contributed by atoms with E-state index in [0.717, 1.165) is 11.6 Å². The van der Waals surface area contributed by atoms with Gasteiger partial charge in [-0.3, -0.25) is 14.9 Å². The number of carbonyl (C=O) groups is 1. The number of hydrogen-bond acceptors (Lipinski definition) is 6. The van der Waals surface area contributed by atoms with Gasteiger partial charge in [-0.15, -0.1) is 0 Å². The SMILES string of the molecule is COc1ccc([N+](=O)[O-])cc1NC(=O)/C(C#N)=C/c1ccc(-c2ccc(Cl)cc2)o1. The topological polar surface area (TPSA) is 118 Å². The van der Waals surface area contributed by atoms with Crippen LogP contribution in [0.4, 0.5) is 11.4 Å². The molecule has 3 rings (SSSR count). The number of non-ortho nitro benzene ring substituents is 1. The summed E-state index contributed by atoms with van der Waals surface area (Å²) >= 11 is 5.88. The van der Waals surface area contributed by atoms with E-state index in [1.165, 1.54) is 25.3 Å². The zero-order valence-electron chi connectivity index (χ0n) is 15.6. The molecule has 0 unspecified atom stereocenters. The molecule has 3 aromatic rings. The first-order valence-corrected chi connectivity index (χ1v) is 8.90. The minimum atomic E-state index is -0.763. The minimum absolute atomic E-state index is 0.0687. The van der Waals surface area contributed by atoms with Crippen LogP contribution in [0, 0.1) is 21.4 Å². The molecule has 1 amide bonds. The summed E-state index contributed by atoms with van der Waals surface area (Å²) < 4.78 is 10.8. The molecule has 0 spiro atoms. The summed E-state index contributed by atoms with van der Waals surface area (Å²) in [6, 6.07) is 15.9. The lowest BCUT2D eigenvalue weighted by atomic mass is 10.2. The van der Waals surface area contributed by atoms with Crippen molar-refractivity contribution in [1.29, 1.82) is 5.26 Å². The summed E-state index contributed by atoms with van der Waals surface area (Å²) in [4.78, 5) is 22.9. The van der Waals surface area contributed by atoms with Crippen molar-refractivity contribution < 1.29 is 18.9 Å². The van der Waals surface area contributed by atoms with Crippen LogP contribution in [0.15, 0.2) is 64.6 Å². The highest BCUT2D eigenvalue weighted by Gasteiger charge is 2.17. The average Bonchev–Trinajstić information content (AvgIpc) is 3.21. The van der Waals surface area contributed by atoms with Crippen molar-refractivity contribution in [3.63, 3.8) is 0 Å². The van der Waals surface area contributed by atoms with Gasteiger partial charge in [0.25, 0.3) is 11.6 Å². The largest absolute Gasteiger partial charge is 0.495 e. The number of nitrogens with one attached hydrogen (secondary N) is 1. The number of nitriles is 1. The van der Waals surface area contributed by atoms with Crippen molar-refractivity contribution in [2.75, 3.05) is 12.4 Å². The number of rotatable bonds is 6. The fraction of sp³-hybridized carbons (Fsp3) is 0.0476. The smallest absolute Gasteiger partial charge is 0.271 e. The van der Waals surface area contributed by atoms with E-state index in [9.17, 15) is 20.2 Å². The Hall–Kier alpha value is -4.09. The van der Waals surface area contributed by atoms with E-state index in [1.807, 2.05) is 0 Å². The van der Waals surface area contributed by atoms with Crippen LogP contribution in [0.2, 0.25) is 5.02 Å². The quantitative estimate of drug-likeness (QED) is 0.256. The number of halogens is 1. The minimum Gasteiger partial charge on any atom is -0.495 e. The van der Waals surface area contributed by atoms with E-state index in [4.69, 9.17) is 20.8 Å². The van der Waals surface area contributed by atoms with Gasteiger partial charge in [0.1, 0.15) is 28.9 Å². The molecular weight excluding hydrogens is 410 g/mol. The van der Waals surface area contributed by atoms with Gasteiger partial charge in [0.15, 0.2) is 0 Å². The van der Waals surface area contributed by atoms with Crippen LogP contribution < -0.4 is 10.1 Å². The normalized spacial score (nSPS) is 10.9. The molecule has 8 nitrogen and oxygen atoms in total. The number of ether oxygens (including phenoxy) is 1. The first kappa shape index (κ1) is 20.6. The van der Waals surface area contributed by atoms with Crippen LogP contribution in [0.1, 0.15) is 5.76 Å². The monoisotopic (exact) mass is 423 g/mol. The zero-order chi connectivity index (χ0) is 21.7. The van der Waals surface area contributed by atoms with Crippen LogP contribution >= 0.6 is 11.6 Å². The van der Waals surface area contributed by atoms with Gasteiger partial charge in [-0.2, -0.15) is 5.26 Å². The molecule has 1 N–H and O–H groups in total. The number of nitrogens with zero attached hydrogens (tertiary/aromatic N) is 2. The molecule has 0 aliphatic heterocycles. The van der Waals surface area contributed by atoms with E-state index in [1.54, 1.807) is 42.5 Å². The molecular formula is C21H14ClN3O5. The molecule has 0 bridgehead atoms. The first-order valence-electron chi connectivity index (χ1n) is 8.52. The highest BCUT2D eigenvalue weighted by Crippen LogP contribution is 2.29. The van der Waals surface area contributed by atoms with E-state index >= 15 is 0 Å². The van der Waals surface area contributed by atoms with Crippen molar-refractivity contribution in [3.8, 4) is 23.1 Å². The van der Waals surface area contributed by atoms with Gasteiger partial charge in [-0.1, -0.05) is 11.6 Å². The fourth-order valence-corrected chi connectivity index (χ4v) is 2.71. The Kier molecular flexibility index (Phi) is 6.15. The fourth-order valence-electron chi connectivity index (χ4n) is 2.59. The molecule has 0 saturated carbocycles. The van der Waals surface area contributed by atoms with Crippen LogP contribution in [0.25, 0.3) is 17.4 Å². The van der Waals surface area contributed by atoms with Gasteiger partial charge in [0.05, 0.1) is 17.7 Å². The van der Waals surface area contributed by atoms with Gasteiger partial charge in [-0.05, 0) is 42.5 Å². The Morgan fingerprint density at radius 2 is 1.97 bits per heavy atom. The Bertz CT molecular complexity index is 1180. The second kappa shape index (κ2) is 8.94. The molecule has 0 atom stereocenters. The molecule has 150 valence electrons. The number of hydrogen-bond donors (Lipinski definition) is 1. The Morgan fingerprint density at radius 3 is 2.60 bits per heavy atom. The van der Waals surface area contributed by atoms with Gasteiger partial charge in [-0.25, -0.2) is 0 Å². The maximum Gasteiger partial charge on any atom is 0.271 e. The summed E-state index contributed by atoms with van der Waals surface area (Å²) in [6.07, 6.45) is 1.28. The third-order valence-electron chi connectivity index (χ3n) is 4.05. The lowest BCUT2D eigenvalue weighted by Gasteiger charge is -2.09. The number of carbonyl (C=O) groups excluding carboxylic acids is 1. The Morgan fingerprint density at radius 1 is 1.23 bits per heavy atom. The number of nitro benzene ring substituents is 1. The number of nitro groups is 1. The zero-order valence-corrected chi connectivity index (χ0v) is 16.3. The van der Waals surface area contributed by atoms with Crippen molar-refractivity contribution in [2.45, 2.75) is 0 Å². The van der Waals surface area contributed by atoms with E-state index < -0.39 is 10.8 Å². The predicted octanol–water partition coefficient (Wildman–Crippen LogP) is 5.06. The van der Waals surface area contributed by atoms with Crippen LogP contribution in [0.3, 0.4) is 0 Å². The van der Waals surface area contributed by atoms with Crippen molar-refractivity contribution >= 4 is 35.0 Å². The molecule has 0 aliphatic rings. The lowest BCUT2D eigenvalue weighted by molar-refractivity contribution is -0.384. The molecule has 0 radical (unpaired) electrons. The van der Waals surface area contributed by atoms with Gasteiger partial charge in [0, 0.05) is 28.8 Å². The van der Waals surface area contributed by atoms with Crippen LogP contribution in [-0.4, -0.2) is 17.9 Å². The summed E-state index contributed by atoms with van der Waals surface area (Å²) in [7, 11) is 1.36. The average molecular weight is 424 g/mol. The summed E-state index contributed by atoms with van der Waals surface area (Å²) in [5.74, 6) is 0.281. The second-order valence-electron chi connectivity index (χ2n) is 5.97. The second-order valence-corrected chi connectivity index (χ2v) is 6.41. The lowest BCUT2D eigenvalue weighted by Crippen LogP contribution is -2.14. The molecule has 30 heavy (non-hydrogen) atoms. The molecule has 2 aromatic carbocycles. The molecule has 1 heterocycles. The summed E-state index contributed by atoms with van der Waals surface area (Å²) in [6.45, 7) is 0. The predicted molar refractivity (Wildman–Crippen MR) is 111 cm³/mol. The molecule has 9 heteroatoms. The third-order valence-corrected chi connectivity index (χ3v) is 4.30. The maximum atomic E-state index is 12.5. The number of anilines is 1. The van der Waals surface area contributed by atoms with Crippen molar-refractivity contribution in [2.24, 2.45) is 0 Å². The summed E-state index contributed by atoms with van der Waals surface area (Å²) in [5.41, 5.74) is 0.371. The van der Waals surface area contributed by atoms with Gasteiger partial charge >= 0.3 is 0 Å². The Labute approximate surface area is 176 Å². The summed E-state index contributed by atoms with van der Waals surface area (Å²) in [5, 5.41) is 23.4. The highest BCUT2D eigenvalue weighted by atomic mass is 35.5. The number of furan rings is 1. The van der Waals surface area contributed by atoms with Crippen LogP contribution in [0.5, 0.6) is 5.75 Å². The van der Waals surface area contributed by atoms with E-state index in [2.05, 4.69) is 5.32 Å². The van der Waals surface area contributed by atoms with Crippen molar-refractivity contribution in [1.82, 2.24) is 0 Å². The maximum absolute atomic E-state index is 12.5. The number of benzene rings is 2. The van der Waals surface area contributed by atoms with Gasteiger partial charge < -0.3 is 14.5 Å². The number of amides is 1. The van der Waals surface area contributed by atoms with Gasteiger partial charge in [0.2, 0.25) is 0 Å².